The maximum atomic E-state index is 12.7. The van der Waals surface area contributed by atoms with Crippen molar-refractivity contribution < 1.29 is 17.6 Å². The van der Waals surface area contributed by atoms with E-state index < -0.39 is 9.84 Å². The minimum absolute atomic E-state index is 0.0139. The highest BCUT2D eigenvalue weighted by Gasteiger charge is 2.48. The molecule has 2 aromatic heterocycles. The van der Waals surface area contributed by atoms with Crippen LogP contribution in [0.4, 0.5) is 0 Å². The molecule has 1 amide bonds. The number of piperazine rings is 1. The van der Waals surface area contributed by atoms with Gasteiger partial charge in [-0.3, -0.25) is 14.7 Å². The summed E-state index contributed by atoms with van der Waals surface area (Å²) in [6.07, 6.45) is 4.59. The highest BCUT2D eigenvalue weighted by atomic mass is 32.2. The molecule has 0 radical (unpaired) electrons. The Bertz CT molecular complexity index is 851. The molecule has 7 nitrogen and oxygen atoms in total. The Morgan fingerprint density at radius 3 is 2.76 bits per heavy atom. The first kappa shape index (κ1) is 16.3. The molecule has 2 saturated heterocycles. The molecule has 0 N–H and O–H groups in total. The van der Waals surface area contributed by atoms with Crippen LogP contribution in [0.2, 0.25) is 0 Å². The van der Waals surface area contributed by atoms with E-state index >= 15 is 0 Å². The van der Waals surface area contributed by atoms with Crippen LogP contribution in [-0.2, 0) is 16.4 Å². The topological polar surface area (TPSA) is 83.7 Å². The second kappa shape index (κ2) is 6.27. The standard InChI is InChI=1S/C17H19N3O4S/c21-17(13-4-8-24-10-13)20-7-6-19(9-14-3-1-2-5-18-14)15-11-25(22,23)12-16(15)20/h1-5,8,10,15-16H,6-7,9,11-12H2/t15-,16+/m1/s1. The first-order valence-corrected chi connectivity index (χ1v) is 10.0. The number of aromatic nitrogens is 1. The summed E-state index contributed by atoms with van der Waals surface area (Å²) in [6, 6.07) is 6.79. The molecule has 0 saturated carbocycles. The van der Waals surface area contributed by atoms with E-state index in [9.17, 15) is 13.2 Å². The number of pyridine rings is 1. The number of hydrogen-bond acceptors (Lipinski definition) is 6. The van der Waals surface area contributed by atoms with Gasteiger partial charge in [0.1, 0.15) is 6.26 Å². The highest BCUT2D eigenvalue weighted by molar-refractivity contribution is 7.91. The van der Waals surface area contributed by atoms with Crippen molar-refractivity contribution in [2.45, 2.75) is 18.6 Å². The lowest BCUT2D eigenvalue weighted by molar-refractivity contribution is 0.0302. The molecule has 2 aliphatic heterocycles. The Morgan fingerprint density at radius 1 is 1.20 bits per heavy atom. The van der Waals surface area contributed by atoms with Crippen molar-refractivity contribution in [3.63, 3.8) is 0 Å². The maximum absolute atomic E-state index is 12.7. The van der Waals surface area contributed by atoms with Crippen LogP contribution in [0.3, 0.4) is 0 Å². The van der Waals surface area contributed by atoms with Crippen LogP contribution in [0.5, 0.6) is 0 Å². The van der Waals surface area contributed by atoms with Crippen LogP contribution in [0, 0.1) is 0 Å². The molecule has 25 heavy (non-hydrogen) atoms. The van der Waals surface area contributed by atoms with Crippen molar-refractivity contribution in [2.24, 2.45) is 0 Å². The zero-order valence-electron chi connectivity index (χ0n) is 13.6. The van der Waals surface area contributed by atoms with Gasteiger partial charge in [0, 0.05) is 31.9 Å². The summed E-state index contributed by atoms with van der Waals surface area (Å²) < 4.78 is 29.5. The predicted octanol–water partition coefficient (Wildman–Crippen LogP) is 0.798. The number of carbonyl (C=O) groups is 1. The number of rotatable bonds is 3. The Hall–Kier alpha value is -2.19. The minimum Gasteiger partial charge on any atom is -0.472 e. The fourth-order valence-corrected chi connectivity index (χ4v) is 5.74. The first-order valence-electron chi connectivity index (χ1n) is 8.21. The van der Waals surface area contributed by atoms with Crippen molar-refractivity contribution >= 4 is 15.7 Å². The Morgan fingerprint density at radius 2 is 2.04 bits per heavy atom. The summed E-state index contributed by atoms with van der Waals surface area (Å²) in [4.78, 5) is 20.9. The van der Waals surface area contributed by atoms with Crippen LogP contribution in [0.1, 0.15) is 16.1 Å². The molecule has 4 rings (SSSR count). The molecule has 8 heteroatoms. The number of furan rings is 1. The molecule has 132 valence electrons. The summed E-state index contributed by atoms with van der Waals surface area (Å²) >= 11 is 0. The van der Waals surface area contributed by atoms with Gasteiger partial charge in [-0.25, -0.2) is 8.42 Å². The molecule has 2 aromatic rings. The van der Waals surface area contributed by atoms with E-state index in [0.717, 1.165) is 5.69 Å². The fraction of sp³-hybridized carbons (Fsp3) is 0.412. The summed E-state index contributed by atoms with van der Waals surface area (Å²) in [5.41, 5.74) is 1.36. The minimum atomic E-state index is -3.17. The first-order chi connectivity index (χ1) is 12.0. The van der Waals surface area contributed by atoms with Gasteiger partial charge >= 0.3 is 0 Å². The largest absolute Gasteiger partial charge is 0.472 e. The second-order valence-electron chi connectivity index (χ2n) is 6.51. The molecule has 2 atom stereocenters. The molecular weight excluding hydrogens is 342 g/mol. The van der Waals surface area contributed by atoms with Crippen molar-refractivity contribution in [3.8, 4) is 0 Å². The van der Waals surface area contributed by atoms with E-state index in [1.54, 1.807) is 17.2 Å². The third-order valence-corrected chi connectivity index (χ3v) is 6.61. The smallest absolute Gasteiger partial charge is 0.257 e. The number of carbonyl (C=O) groups excluding carboxylic acids is 1. The highest BCUT2D eigenvalue weighted by Crippen LogP contribution is 2.29. The monoisotopic (exact) mass is 361 g/mol. The lowest BCUT2D eigenvalue weighted by Gasteiger charge is -2.43. The molecule has 4 heterocycles. The van der Waals surface area contributed by atoms with Crippen molar-refractivity contribution in [2.75, 3.05) is 24.6 Å². The van der Waals surface area contributed by atoms with Gasteiger partial charge in [-0.1, -0.05) is 6.07 Å². The Labute approximate surface area is 146 Å². The van der Waals surface area contributed by atoms with Crippen LogP contribution < -0.4 is 0 Å². The van der Waals surface area contributed by atoms with Gasteiger partial charge in [0.15, 0.2) is 9.84 Å². The second-order valence-corrected chi connectivity index (χ2v) is 8.67. The van der Waals surface area contributed by atoms with E-state index in [1.165, 1.54) is 12.5 Å². The van der Waals surface area contributed by atoms with Crippen molar-refractivity contribution in [3.05, 3.63) is 54.2 Å². The average Bonchev–Trinajstić information content (AvgIpc) is 3.22. The normalized spacial score (nSPS) is 25.7. The Kier molecular flexibility index (Phi) is 4.09. The molecule has 0 aliphatic carbocycles. The summed E-state index contributed by atoms with van der Waals surface area (Å²) in [5.74, 6) is -0.0713. The van der Waals surface area contributed by atoms with E-state index in [-0.39, 0.29) is 29.5 Å². The van der Waals surface area contributed by atoms with Crippen LogP contribution in [-0.4, -0.2) is 65.8 Å². The van der Waals surface area contributed by atoms with Crippen LogP contribution in [0.25, 0.3) is 0 Å². The summed E-state index contributed by atoms with van der Waals surface area (Å²) in [7, 11) is -3.17. The van der Waals surface area contributed by atoms with Gasteiger partial charge in [0.05, 0.1) is 35.1 Å². The van der Waals surface area contributed by atoms with Gasteiger partial charge < -0.3 is 9.32 Å². The van der Waals surface area contributed by atoms with Gasteiger partial charge in [-0.15, -0.1) is 0 Å². The lowest BCUT2D eigenvalue weighted by Crippen LogP contribution is -2.60. The molecule has 0 aromatic carbocycles. The van der Waals surface area contributed by atoms with E-state index in [1.807, 2.05) is 18.2 Å². The van der Waals surface area contributed by atoms with Gasteiger partial charge in [-0.2, -0.15) is 0 Å². The zero-order chi connectivity index (χ0) is 17.4. The molecule has 2 aliphatic rings. The van der Waals surface area contributed by atoms with Crippen LogP contribution in [0.15, 0.2) is 47.4 Å². The third-order valence-electron chi connectivity index (χ3n) is 4.91. The molecule has 0 spiro atoms. The number of amides is 1. The van der Waals surface area contributed by atoms with Crippen molar-refractivity contribution in [1.82, 2.24) is 14.8 Å². The quantitative estimate of drug-likeness (QED) is 0.804. The van der Waals surface area contributed by atoms with Crippen LogP contribution >= 0.6 is 0 Å². The van der Waals surface area contributed by atoms with E-state index in [2.05, 4.69) is 9.88 Å². The fourth-order valence-electron chi connectivity index (χ4n) is 3.72. The number of fused-ring (bicyclic) bond motifs is 1. The number of hydrogen-bond donors (Lipinski definition) is 0. The molecule has 0 unspecified atom stereocenters. The maximum Gasteiger partial charge on any atom is 0.257 e. The lowest BCUT2D eigenvalue weighted by atomic mass is 10.0. The Balaban J connectivity index is 1.59. The number of nitrogens with zero attached hydrogens (tertiary/aromatic N) is 3. The average molecular weight is 361 g/mol. The summed E-state index contributed by atoms with van der Waals surface area (Å²) in [6.45, 7) is 1.70. The van der Waals surface area contributed by atoms with Gasteiger partial charge in [-0.05, 0) is 18.2 Å². The van der Waals surface area contributed by atoms with E-state index in [0.29, 0.717) is 25.2 Å². The third kappa shape index (κ3) is 3.19. The summed E-state index contributed by atoms with van der Waals surface area (Å²) in [5, 5.41) is 0. The van der Waals surface area contributed by atoms with Gasteiger partial charge in [0.25, 0.3) is 5.91 Å². The SMILES string of the molecule is O=C(c1ccoc1)N1CCN(Cc2ccccn2)[C@@H]2CS(=O)(=O)C[C@@H]21. The van der Waals surface area contributed by atoms with Crippen molar-refractivity contribution in [1.29, 1.82) is 0 Å². The number of sulfone groups is 1. The predicted molar refractivity (Wildman–Crippen MR) is 90.6 cm³/mol. The zero-order valence-corrected chi connectivity index (χ0v) is 14.4. The van der Waals surface area contributed by atoms with Gasteiger partial charge in [0.2, 0.25) is 0 Å². The molecule has 0 bridgehead atoms. The van der Waals surface area contributed by atoms with E-state index in [4.69, 9.17) is 4.42 Å². The molecular formula is C17H19N3O4S. The molecule has 2 fully saturated rings.